The molecule has 4 fully saturated rings. The fraction of sp³-hybridized carbons (Fsp3) is 0.800. The number of carbonyl (C=O) groups is 1. The topological polar surface area (TPSA) is 50.2 Å². The number of fused-ring (bicyclic) bond motifs is 1. The summed E-state index contributed by atoms with van der Waals surface area (Å²) >= 11 is 0. The van der Waals surface area contributed by atoms with Crippen LogP contribution in [0.25, 0.3) is 0 Å². The van der Waals surface area contributed by atoms with Crippen LogP contribution in [0.1, 0.15) is 50.4 Å². The maximum atomic E-state index is 12.8. The van der Waals surface area contributed by atoms with Crippen molar-refractivity contribution in [3.8, 4) is 0 Å². The number of aryl methyl sites for hydroxylation is 2. The Labute approximate surface area is 151 Å². The predicted octanol–water partition coefficient (Wildman–Crippen LogP) is 3.36. The third kappa shape index (κ3) is 3.56. The van der Waals surface area contributed by atoms with Crippen molar-refractivity contribution in [3.05, 3.63) is 17.5 Å². The molecule has 138 valence electrons. The van der Waals surface area contributed by atoms with E-state index >= 15 is 0 Å². The second kappa shape index (κ2) is 6.65. The van der Waals surface area contributed by atoms with Crippen LogP contribution >= 0.6 is 0 Å². The van der Waals surface area contributed by atoms with Crippen LogP contribution in [0.15, 0.2) is 6.07 Å². The molecule has 5 atom stereocenters. The minimum Gasteiger partial charge on any atom is -0.338 e. The summed E-state index contributed by atoms with van der Waals surface area (Å²) in [5.74, 6) is 2.88. The molecule has 2 aliphatic carbocycles. The molecular weight excluding hydrogens is 312 g/mol. The Kier molecular flexibility index (Phi) is 4.50. The summed E-state index contributed by atoms with van der Waals surface area (Å²) < 4.78 is 2.05. The van der Waals surface area contributed by atoms with E-state index in [9.17, 15) is 4.79 Å². The summed E-state index contributed by atoms with van der Waals surface area (Å²) in [4.78, 5) is 15.0. The summed E-state index contributed by atoms with van der Waals surface area (Å²) in [7, 11) is 0. The molecule has 4 bridgehead atoms. The lowest BCUT2D eigenvalue weighted by atomic mass is 9.68. The zero-order valence-corrected chi connectivity index (χ0v) is 15.9. The average molecular weight is 345 g/mol. The van der Waals surface area contributed by atoms with Crippen molar-refractivity contribution < 1.29 is 4.79 Å². The third-order valence-electron chi connectivity index (χ3n) is 6.56. The van der Waals surface area contributed by atoms with Crippen molar-refractivity contribution in [2.75, 3.05) is 13.1 Å². The zero-order valence-electron chi connectivity index (χ0n) is 15.9. The summed E-state index contributed by atoms with van der Waals surface area (Å²) in [5, 5.41) is 7.74. The van der Waals surface area contributed by atoms with Gasteiger partial charge < -0.3 is 10.2 Å². The van der Waals surface area contributed by atoms with Gasteiger partial charge in [-0.3, -0.25) is 4.68 Å². The number of urea groups is 1. The second-order valence-electron chi connectivity index (χ2n) is 8.98. The van der Waals surface area contributed by atoms with Gasteiger partial charge in [-0.2, -0.15) is 5.10 Å². The number of hydrogen-bond donors (Lipinski definition) is 1. The Hall–Kier alpha value is -1.52. The van der Waals surface area contributed by atoms with Gasteiger partial charge in [0.1, 0.15) is 0 Å². The van der Waals surface area contributed by atoms with Gasteiger partial charge >= 0.3 is 6.03 Å². The van der Waals surface area contributed by atoms with E-state index in [1.54, 1.807) is 0 Å². The van der Waals surface area contributed by atoms with Crippen LogP contribution in [0, 0.1) is 37.5 Å². The average Bonchev–Trinajstić information content (AvgIpc) is 2.72. The van der Waals surface area contributed by atoms with Gasteiger partial charge in [-0.25, -0.2) is 4.79 Å². The second-order valence-corrected chi connectivity index (χ2v) is 8.98. The monoisotopic (exact) mass is 344 g/mol. The maximum absolute atomic E-state index is 12.8. The number of hydrogen-bond acceptors (Lipinski definition) is 2. The number of nitrogens with zero attached hydrogens (tertiary/aromatic N) is 3. The van der Waals surface area contributed by atoms with Crippen molar-refractivity contribution in [1.29, 1.82) is 0 Å². The summed E-state index contributed by atoms with van der Waals surface area (Å²) in [6, 6.07) is 2.76. The van der Waals surface area contributed by atoms with Gasteiger partial charge in [-0.15, -0.1) is 0 Å². The highest BCUT2D eigenvalue weighted by molar-refractivity contribution is 5.74. The van der Waals surface area contributed by atoms with E-state index in [1.807, 2.05) is 6.92 Å². The third-order valence-corrected chi connectivity index (χ3v) is 6.56. The van der Waals surface area contributed by atoms with Crippen LogP contribution in [0.4, 0.5) is 4.79 Å². The van der Waals surface area contributed by atoms with Gasteiger partial charge in [0.05, 0.1) is 5.69 Å². The summed E-state index contributed by atoms with van der Waals surface area (Å²) in [6.07, 6.45) is 6.60. The minimum absolute atomic E-state index is 0.165. The maximum Gasteiger partial charge on any atom is 0.317 e. The van der Waals surface area contributed by atoms with Crippen LogP contribution in [-0.2, 0) is 6.54 Å². The molecule has 2 aliphatic heterocycles. The molecule has 4 aliphatic rings. The molecular formula is C20H32N4O. The number of aromatic nitrogens is 2. The first kappa shape index (κ1) is 16.9. The van der Waals surface area contributed by atoms with Crippen molar-refractivity contribution in [2.24, 2.45) is 23.7 Å². The fourth-order valence-corrected chi connectivity index (χ4v) is 5.62. The molecule has 1 N–H and O–H groups in total. The first-order chi connectivity index (χ1) is 12.0. The molecule has 1 aromatic heterocycles. The molecule has 2 saturated carbocycles. The van der Waals surface area contributed by atoms with E-state index in [0.717, 1.165) is 43.1 Å². The van der Waals surface area contributed by atoms with Gasteiger partial charge in [0, 0.05) is 31.4 Å². The van der Waals surface area contributed by atoms with Gasteiger partial charge in [-0.05, 0) is 75.7 Å². The van der Waals surface area contributed by atoms with E-state index in [2.05, 4.69) is 39.9 Å². The number of nitrogens with one attached hydrogen (secondary N) is 1. The highest BCUT2D eigenvalue weighted by Crippen LogP contribution is 2.47. The fourth-order valence-electron chi connectivity index (χ4n) is 5.62. The van der Waals surface area contributed by atoms with Gasteiger partial charge in [0.2, 0.25) is 0 Å². The molecule has 5 nitrogen and oxygen atoms in total. The Morgan fingerprint density at radius 3 is 2.52 bits per heavy atom. The highest BCUT2D eigenvalue weighted by Gasteiger charge is 2.44. The minimum atomic E-state index is 0.165. The number of carbonyl (C=O) groups excluding carboxylic acids is 1. The van der Waals surface area contributed by atoms with Crippen LogP contribution in [0.2, 0.25) is 0 Å². The quantitative estimate of drug-likeness (QED) is 0.910. The smallest absolute Gasteiger partial charge is 0.317 e. The van der Waals surface area contributed by atoms with Crippen molar-refractivity contribution in [2.45, 2.75) is 65.5 Å². The summed E-state index contributed by atoms with van der Waals surface area (Å²) in [6.45, 7) is 8.86. The Bertz CT molecular complexity index is 626. The molecule has 2 saturated heterocycles. The standard InChI is InChI=1S/C20H32N4O/c1-13(11-24-15(3)4-14(2)22-24)10-21-20(25)23-12-18-6-16-5-17(7-18)9-19(23)8-16/h4,13,16-19H,5-12H2,1-3H3,(H,21,25)/t13-,16-,17+,18?,19?/m0/s1. The largest absolute Gasteiger partial charge is 0.338 e. The van der Waals surface area contributed by atoms with Crippen LogP contribution in [0.5, 0.6) is 0 Å². The first-order valence-corrected chi connectivity index (χ1v) is 10.0. The first-order valence-electron chi connectivity index (χ1n) is 10.0. The predicted molar refractivity (Wildman–Crippen MR) is 98.3 cm³/mol. The van der Waals surface area contributed by atoms with Crippen molar-refractivity contribution >= 4 is 6.03 Å². The summed E-state index contributed by atoms with van der Waals surface area (Å²) in [5.41, 5.74) is 2.25. The van der Waals surface area contributed by atoms with Crippen molar-refractivity contribution in [1.82, 2.24) is 20.0 Å². The van der Waals surface area contributed by atoms with Gasteiger partial charge in [0.25, 0.3) is 0 Å². The SMILES string of the molecule is Cc1cc(C)n(C[C@@H](C)CNC(=O)N2CC3C[C@@H]4CC2C[C@H](C3)C4)n1. The van der Waals surface area contributed by atoms with Crippen LogP contribution in [0.3, 0.4) is 0 Å². The molecule has 0 radical (unpaired) electrons. The molecule has 3 heterocycles. The molecule has 2 unspecified atom stereocenters. The normalized spacial score (nSPS) is 31.9. The Morgan fingerprint density at radius 1 is 1.20 bits per heavy atom. The Morgan fingerprint density at radius 2 is 1.88 bits per heavy atom. The zero-order chi connectivity index (χ0) is 17.6. The molecule has 2 amide bonds. The molecule has 5 heteroatoms. The molecule has 5 rings (SSSR count). The molecule has 1 aromatic rings. The van der Waals surface area contributed by atoms with E-state index in [0.29, 0.717) is 12.0 Å². The molecule has 0 spiro atoms. The Balaban J connectivity index is 1.32. The van der Waals surface area contributed by atoms with E-state index < -0.39 is 0 Å². The van der Waals surface area contributed by atoms with Crippen LogP contribution in [-0.4, -0.2) is 39.8 Å². The molecule has 0 aromatic carbocycles. The van der Waals surface area contributed by atoms with Gasteiger partial charge in [0.15, 0.2) is 0 Å². The lowest BCUT2D eigenvalue weighted by Gasteiger charge is -2.39. The van der Waals surface area contributed by atoms with E-state index in [4.69, 9.17) is 0 Å². The lowest BCUT2D eigenvalue weighted by molar-refractivity contribution is 0.131. The number of rotatable bonds is 4. The highest BCUT2D eigenvalue weighted by atomic mass is 16.2. The lowest BCUT2D eigenvalue weighted by Crippen LogP contribution is -2.48. The molecule has 25 heavy (non-hydrogen) atoms. The van der Waals surface area contributed by atoms with Crippen molar-refractivity contribution in [3.63, 3.8) is 0 Å². The number of amides is 2. The van der Waals surface area contributed by atoms with Crippen LogP contribution < -0.4 is 5.32 Å². The van der Waals surface area contributed by atoms with E-state index in [-0.39, 0.29) is 6.03 Å². The van der Waals surface area contributed by atoms with Gasteiger partial charge in [-0.1, -0.05) is 6.92 Å². The van der Waals surface area contributed by atoms with E-state index in [1.165, 1.54) is 37.8 Å².